The lowest BCUT2D eigenvalue weighted by Crippen LogP contribution is -2.46. The Bertz CT molecular complexity index is 595. The summed E-state index contributed by atoms with van der Waals surface area (Å²) in [6, 6.07) is 10.8. The highest BCUT2D eigenvalue weighted by molar-refractivity contribution is 5.79. The minimum absolute atomic E-state index is 0.638. The molecular formula is C23H39N5O. The number of nitrogens with zero attached hydrogens (tertiary/aromatic N) is 4. The Morgan fingerprint density at radius 3 is 2.59 bits per heavy atom. The van der Waals surface area contributed by atoms with Gasteiger partial charge in [0.15, 0.2) is 5.96 Å². The number of aliphatic imine (C=N–C) groups is 1. The first-order valence-electron chi connectivity index (χ1n) is 11.2. The van der Waals surface area contributed by atoms with Crippen LogP contribution < -0.4 is 5.32 Å². The molecule has 2 aliphatic rings. The van der Waals surface area contributed by atoms with Gasteiger partial charge in [-0.1, -0.05) is 30.3 Å². The van der Waals surface area contributed by atoms with Gasteiger partial charge in [-0.25, -0.2) is 0 Å². The van der Waals surface area contributed by atoms with Crippen LogP contribution in [0.15, 0.2) is 35.3 Å². The van der Waals surface area contributed by atoms with E-state index in [9.17, 15) is 0 Å². The van der Waals surface area contributed by atoms with Gasteiger partial charge in [-0.15, -0.1) is 0 Å². The molecule has 1 N–H and O–H groups in total. The summed E-state index contributed by atoms with van der Waals surface area (Å²) >= 11 is 0. The van der Waals surface area contributed by atoms with E-state index in [0.29, 0.717) is 5.92 Å². The fourth-order valence-electron chi connectivity index (χ4n) is 4.26. The number of piperazine rings is 1. The first-order chi connectivity index (χ1) is 14.2. The molecule has 0 aromatic heterocycles. The largest absolute Gasteiger partial charge is 0.381 e. The van der Waals surface area contributed by atoms with Crippen LogP contribution >= 0.6 is 0 Å². The molecule has 2 heterocycles. The minimum Gasteiger partial charge on any atom is -0.381 e. The molecule has 0 saturated carbocycles. The monoisotopic (exact) mass is 401 g/mol. The molecule has 2 fully saturated rings. The Hall–Kier alpha value is -1.63. The summed E-state index contributed by atoms with van der Waals surface area (Å²) in [7, 11) is 4.00. The second-order valence-electron chi connectivity index (χ2n) is 8.39. The van der Waals surface area contributed by atoms with Crippen molar-refractivity contribution < 1.29 is 4.74 Å². The third-order valence-corrected chi connectivity index (χ3v) is 6.03. The van der Waals surface area contributed by atoms with Crippen molar-refractivity contribution in [2.75, 3.05) is 73.1 Å². The van der Waals surface area contributed by atoms with E-state index >= 15 is 0 Å². The van der Waals surface area contributed by atoms with Gasteiger partial charge in [-0.05, 0) is 31.4 Å². The number of rotatable bonds is 9. The van der Waals surface area contributed by atoms with Crippen LogP contribution in [0.3, 0.4) is 0 Å². The molecule has 0 aliphatic carbocycles. The SMILES string of the molecule is CN=C(NCCCCN1CCN(Cc2ccccc2)CC1)N(C)CC1CCOC1. The van der Waals surface area contributed by atoms with Gasteiger partial charge in [0.05, 0.1) is 6.61 Å². The molecule has 0 radical (unpaired) electrons. The van der Waals surface area contributed by atoms with Gasteiger partial charge in [0.1, 0.15) is 0 Å². The predicted molar refractivity (Wildman–Crippen MR) is 120 cm³/mol. The van der Waals surface area contributed by atoms with E-state index in [1.54, 1.807) is 0 Å². The van der Waals surface area contributed by atoms with Gasteiger partial charge in [-0.2, -0.15) is 0 Å². The van der Waals surface area contributed by atoms with Crippen LogP contribution in [0.25, 0.3) is 0 Å². The summed E-state index contributed by atoms with van der Waals surface area (Å²) in [4.78, 5) is 11.9. The first-order valence-corrected chi connectivity index (χ1v) is 11.2. The summed E-state index contributed by atoms with van der Waals surface area (Å²) < 4.78 is 5.48. The van der Waals surface area contributed by atoms with Crippen molar-refractivity contribution in [3.05, 3.63) is 35.9 Å². The molecule has 1 unspecified atom stereocenters. The Labute approximate surface area is 176 Å². The summed E-state index contributed by atoms with van der Waals surface area (Å²) in [5.41, 5.74) is 1.42. The van der Waals surface area contributed by atoms with Crippen LogP contribution in [0.5, 0.6) is 0 Å². The number of benzene rings is 1. The molecule has 1 aromatic rings. The average molecular weight is 402 g/mol. The lowest BCUT2D eigenvalue weighted by Gasteiger charge is -2.34. The van der Waals surface area contributed by atoms with E-state index in [4.69, 9.17) is 4.74 Å². The van der Waals surface area contributed by atoms with Gasteiger partial charge >= 0.3 is 0 Å². The summed E-state index contributed by atoms with van der Waals surface area (Å²) in [6.07, 6.45) is 3.59. The van der Waals surface area contributed by atoms with Crippen molar-refractivity contribution in [1.82, 2.24) is 20.0 Å². The van der Waals surface area contributed by atoms with Crippen LogP contribution in [-0.2, 0) is 11.3 Å². The van der Waals surface area contributed by atoms with Crippen LogP contribution in [-0.4, -0.2) is 93.8 Å². The lowest BCUT2D eigenvalue weighted by molar-refractivity contribution is 0.126. The number of ether oxygens (including phenoxy) is 1. The second kappa shape index (κ2) is 12.2. The molecule has 6 nitrogen and oxygen atoms in total. The molecule has 29 heavy (non-hydrogen) atoms. The van der Waals surface area contributed by atoms with Gasteiger partial charge in [0, 0.05) is 72.4 Å². The Balaban J connectivity index is 1.24. The fraction of sp³-hybridized carbons (Fsp3) is 0.696. The number of guanidine groups is 1. The lowest BCUT2D eigenvalue weighted by atomic mass is 10.1. The van der Waals surface area contributed by atoms with Crippen LogP contribution in [0.1, 0.15) is 24.8 Å². The maximum absolute atomic E-state index is 5.48. The fourth-order valence-corrected chi connectivity index (χ4v) is 4.26. The van der Waals surface area contributed by atoms with Gasteiger partial charge in [0.2, 0.25) is 0 Å². The van der Waals surface area contributed by atoms with Crippen LogP contribution in [0.2, 0.25) is 0 Å². The predicted octanol–water partition coefficient (Wildman–Crippen LogP) is 2.13. The Kier molecular flexibility index (Phi) is 9.25. The first kappa shape index (κ1) is 22.1. The highest BCUT2D eigenvalue weighted by Gasteiger charge is 2.19. The van der Waals surface area contributed by atoms with Crippen molar-refractivity contribution in [2.45, 2.75) is 25.8 Å². The molecule has 162 valence electrons. The van der Waals surface area contributed by atoms with Crippen LogP contribution in [0.4, 0.5) is 0 Å². The molecule has 6 heteroatoms. The quantitative estimate of drug-likeness (QED) is 0.390. The van der Waals surface area contributed by atoms with Crippen molar-refractivity contribution in [3.63, 3.8) is 0 Å². The van der Waals surface area contributed by atoms with E-state index < -0.39 is 0 Å². The van der Waals surface area contributed by atoms with Crippen molar-refractivity contribution in [1.29, 1.82) is 0 Å². The maximum atomic E-state index is 5.48. The maximum Gasteiger partial charge on any atom is 0.193 e. The van der Waals surface area contributed by atoms with Gasteiger partial charge in [-0.3, -0.25) is 9.89 Å². The number of nitrogens with one attached hydrogen (secondary N) is 1. The number of hydrogen-bond acceptors (Lipinski definition) is 4. The average Bonchev–Trinajstić information content (AvgIpc) is 3.25. The van der Waals surface area contributed by atoms with E-state index in [0.717, 1.165) is 38.8 Å². The van der Waals surface area contributed by atoms with Crippen molar-refractivity contribution in [3.8, 4) is 0 Å². The van der Waals surface area contributed by atoms with Crippen molar-refractivity contribution in [2.24, 2.45) is 10.9 Å². The molecule has 0 bridgehead atoms. The molecule has 2 saturated heterocycles. The van der Waals surface area contributed by atoms with E-state index in [1.165, 1.54) is 57.5 Å². The van der Waals surface area contributed by atoms with Crippen LogP contribution in [0, 0.1) is 5.92 Å². The van der Waals surface area contributed by atoms with E-state index in [1.807, 2.05) is 7.05 Å². The van der Waals surface area contributed by atoms with E-state index in [-0.39, 0.29) is 0 Å². The molecular weight excluding hydrogens is 362 g/mol. The zero-order valence-corrected chi connectivity index (χ0v) is 18.4. The smallest absolute Gasteiger partial charge is 0.193 e. The highest BCUT2D eigenvalue weighted by Crippen LogP contribution is 2.13. The highest BCUT2D eigenvalue weighted by atomic mass is 16.5. The van der Waals surface area contributed by atoms with Gasteiger partial charge < -0.3 is 19.9 Å². The third-order valence-electron chi connectivity index (χ3n) is 6.03. The normalized spacial score (nSPS) is 21.4. The second-order valence-corrected chi connectivity index (χ2v) is 8.39. The number of hydrogen-bond donors (Lipinski definition) is 1. The molecule has 0 amide bonds. The van der Waals surface area contributed by atoms with Gasteiger partial charge in [0.25, 0.3) is 0 Å². The minimum atomic E-state index is 0.638. The molecule has 1 aromatic carbocycles. The molecule has 3 rings (SSSR count). The van der Waals surface area contributed by atoms with E-state index in [2.05, 4.69) is 62.4 Å². The summed E-state index contributed by atoms with van der Waals surface area (Å²) in [5.74, 6) is 1.64. The summed E-state index contributed by atoms with van der Waals surface area (Å²) in [6.45, 7) is 10.8. The Morgan fingerprint density at radius 2 is 1.90 bits per heavy atom. The molecule has 0 spiro atoms. The standard InChI is InChI=1S/C23H39N5O/c1-24-23(26(2)18-22-10-17-29-20-22)25-11-6-7-12-27-13-15-28(16-14-27)19-21-8-4-3-5-9-21/h3-5,8-9,22H,6-7,10-20H2,1-2H3,(H,24,25). The zero-order valence-electron chi connectivity index (χ0n) is 18.4. The zero-order chi connectivity index (χ0) is 20.3. The summed E-state index contributed by atoms with van der Waals surface area (Å²) in [5, 5.41) is 3.52. The van der Waals surface area contributed by atoms with Crippen molar-refractivity contribution >= 4 is 5.96 Å². The molecule has 1 atom stereocenters. The topological polar surface area (TPSA) is 43.3 Å². The molecule has 2 aliphatic heterocycles. The third kappa shape index (κ3) is 7.61. The number of unbranched alkanes of at least 4 members (excludes halogenated alkanes) is 1. The Morgan fingerprint density at radius 1 is 1.14 bits per heavy atom.